The largest absolute Gasteiger partial charge is 0.348 e. The summed E-state index contributed by atoms with van der Waals surface area (Å²) < 4.78 is 41.0. The van der Waals surface area contributed by atoms with Crippen LogP contribution in [-0.2, 0) is 11.2 Å². The van der Waals surface area contributed by atoms with Crippen LogP contribution in [-0.4, -0.2) is 45.1 Å². The number of tetrazole rings is 1. The third-order valence-electron chi connectivity index (χ3n) is 3.39. The molecule has 0 bridgehead atoms. The summed E-state index contributed by atoms with van der Waals surface area (Å²) in [5.74, 6) is -4.05. The van der Waals surface area contributed by atoms with E-state index >= 15 is 0 Å². The van der Waals surface area contributed by atoms with E-state index in [-0.39, 0.29) is 18.8 Å². The van der Waals surface area contributed by atoms with Gasteiger partial charge in [-0.1, -0.05) is 12.1 Å². The van der Waals surface area contributed by atoms with Crippen molar-refractivity contribution in [3.05, 3.63) is 41.5 Å². The van der Waals surface area contributed by atoms with Crippen molar-refractivity contribution >= 4 is 18.3 Å². The van der Waals surface area contributed by atoms with Crippen LogP contribution in [0.2, 0.25) is 0 Å². The summed E-state index contributed by atoms with van der Waals surface area (Å²) in [5, 5.41) is 13.0. The van der Waals surface area contributed by atoms with E-state index in [0.717, 1.165) is 0 Å². The number of aromatic nitrogens is 4. The summed E-state index contributed by atoms with van der Waals surface area (Å²) in [4.78, 5) is 12.4. The van der Waals surface area contributed by atoms with E-state index in [0.29, 0.717) is 11.4 Å². The molecule has 1 aromatic heterocycles. The molecule has 0 saturated carbocycles. The summed E-state index contributed by atoms with van der Waals surface area (Å²) in [5.41, 5.74) is 5.46. The minimum atomic E-state index is -3.21. The lowest BCUT2D eigenvalue weighted by atomic mass is 10.0. The third kappa shape index (κ3) is 5.68. The van der Waals surface area contributed by atoms with Gasteiger partial charge in [0.15, 0.2) is 0 Å². The average Bonchev–Trinajstić information content (AvgIpc) is 2.96. The molecule has 1 heterocycles. The highest BCUT2D eigenvalue weighted by Crippen LogP contribution is 2.17. The monoisotopic (exact) mass is 378 g/mol. The van der Waals surface area contributed by atoms with Gasteiger partial charge in [-0.2, -0.15) is 0 Å². The molecular weight excluding hydrogens is 361 g/mol. The lowest BCUT2D eigenvalue weighted by Crippen LogP contribution is -2.44. The first-order valence-corrected chi connectivity index (χ1v) is 7.17. The fourth-order valence-corrected chi connectivity index (χ4v) is 2.11. The molecule has 2 rings (SSSR count). The first kappa shape index (κ1) is 20.8. The van der Waals surface area contributed by atoms with Crippen LogP contribution in [0, 0.1) is 12.7 Å². The molecule has 0 aliphatic carbocycles. The lowest BCUT2D eigenvalue weighted by Gasteiger charge is -2.20. The maximum Gasteiger partial charge on any atom is 0.277 e. The standard InChI is InChI=1S/C14H17F3N6O.ClH/c1-9-20-21-22-23(9)12(6-10-3-2-4-11(15)5-10)13(24)19-8-14(16,17)7-18;/h2-5,12H,6-8,18H2,1H3,(H,19,24);1H. The first-order chi connectivity index (χ1) is 11.3. The van der Waals surface area contributed by atoms with Crippen molar-refractivity contribution in [3.63, 3.8) is 0 Å². The predicted molar refractivity (Wildman–Crippen MR) is 86.0 cm³/mol. The van der Waals surface area contributed by atoms with E-state index < -0.39 is 36.8 Å². The number of hydrogen-bond donors (Lipinski definition) is 2. The van der Waals surface area contributed by atoms with Gasteiger partial charge in [0.05, 0.1) is 13.1 Å². The molecule has 0 aliphatic rings. The number of nitrogens with zero attached hydrogens (tertiary/aromatic N) is 4. The molecule has 1 unspecified atom stereocenters. The summed E-state index contributed by atoms with van der Waals surface area (Å²) in [6.45, 7) is -0.213. The van der Waals surface area contributed by atoms with Crippen LogP contribution in [0.4, 0.5) is 13.2 Å². The van der Waals surface area contributed by atoms with Gasteiger partial charge in [-0.05, 0) is 35.0 Å². The SMILES string of the molecule is Cc1nnnn1C(Cc1cccc(F)c1)C(=O)NCC(F)(F)CN.Cl. The van der Waals surface area contributed by atoms with Crippen LogP contribution < -0.4 is 11.1 Å². The second kappa shape index (κ2) is 8.77. The molecule has 0 saturated heterocycles. The zero-order chi connectivity index (χ0) is 17.7. The van der Waals surface area contributed by atoms with Gasteiger partial charge >= 0.3 is 0 Å². The minimum absolute atomic E-state index is 0. The highest BCUT2D eigenvalue weighted by atomic mass is 35.5. The molecular formula is C14H18ClF3N6O. The lowest BCUT2D eigenvalue weighted by molar-refractivity contribution is -0.126. The Labute approximate surface area is 148 Å². The summed E-state index contributed by atoms with van der Waals surface area (Å²) in [7, 11) is 0. The predicted octanol–water partition coefficient (Wildman–Crippen LogP) is 1.04. The van der Waals surface area contributed by atoms with Gasteiger partial charge in [-0.15, -0.1) is 17.5 Å². The Kier molecular flexibility index (Phi) is 7.31. The average molecular weight is 379 g/mol. The van der Waals surface area contributed by atoms with Gasteiger partial charge in [-0.25, -0.2) is 17.9 Å². The molecule has 138 valence electrons. The minimum Gasteiger partial charge on any atom is -0.348 e. The zero-order valence-corrected chi connectivity index (χ0v) is 14.1. The smallest absolute Gasteiger partial charge is 0.277 e. The van der Waals surface area contributed by atoms with E-state index in [1.54, 1.807) is 13.0 Å². The Morgan fingerprint density at radius 2 is 2.16 bits per heavy atom. The van der Waals surface area contributed by atoms with Crippen molar-refractivity contribution in [1.82, 2.24) is 25.5 Å². The number of alkyl halides is 2. The van der Waals surface area contributed by atoms with Gasteiger partial charge in [-0.3, -0.25) is 4.79 Å². The first-order valence-electron chi connectivity index (χ1n) is 7.17. The quantitative estimate of drug-likeness (QED) is 0.750. The molecule has 0 spiro atoms. The van der Waals surface area contributed by atoms with Crippen molar-refractivity contribution in [2.45, 2.75) is 25.3 Å². The van der Waals surface area contributed by atoms with Crippen LogP contribution in [0.3, 0.4) is 0 Å². The second-order valence-electron chi connectivity index (χ2n) is 5.30. The van der Waals surface area contributed by atoms with E-state index in [9.17, 15) is 18.0 Å². The van der Waals surface area contributed by atoms with Crippen LogP contribution in [0.15, 0.2) is 24.3 Å². The van der Waals surface area contributed by atoms with Crippen molar-refractivity contribution in [2.24, 2.45) is 5.73 Å². The fourth-order valence-electron chi connectivity index (χ4n) is 2.11. The van der Waals surface area contributed by atoms with E-state index in [1.807, 2.05) is 0 Å². The van der Waals surface area contributed by atoms with Gasteiger partial charge in [0.25, 0.3) is 5.92 Å². The summed E-state index contributed by atoms with van der Waals surface area (Å²) in [6.07, 6.45) is 0.0453. The van der Waals surface area contributed by atoms with Crippen LogP contribution in [0.1, 0.15) is 17.4 Å². The molecule has 1 amide bonds. The van der Waals surface area contributed by atoms with Crippen molar-refractivity contribution in [1.29, 1.82) is 0 Å². The second-order valence-corrected chi connectivity index (χ2v) is 5.30. The number of amides is 1. The van der Waals surface area contributed by atoms with E-state index in [4.69, 9.17) is 5.73 Å². The maximum absolute atomic E-state index is 13.3. The zero-order valence-electron chi connectivity index (χ0n) is 13.3. The molecule has 0 aliphatic heterocycles. The van der Waals surface area contributed by atoms with E-state index in [1.165, 1.54) is 22.9 Å². The Morgan fingerprint density at radius 1 is 1.44 bits per heavy atom. The Hall–Kier alpha value is -2.20. The number of carbonyl (C=O) groups is 1. The Morgan fingerprint density at radius 3 is 2.72 bits per heavy atom. The van der Waals surface area contributed by atoms with Crippen molar-refractivity contribution in [3.8, 4) is 0 Å². The van der Waals surface area contributed by atoms with E-state index in [2.05, 4.69) is 20.8 Å². The van der Waals surface area contributed by atoms with Crippen molar-refractivity contribution in [2.75, 3.05) is 13.1 Å². The van der Waals surface area contributed by atoms with Gasteiger partial charge in [0, 0.05) is 6.42 Å². The number of carbonyl (C=O) groups excluding carboxylic acids is 1. The normalized spacial score (nSPS) is 12.4. The van der Waals surface area contributed by atoms with Crippen LogP contribution in [0.5, 0.6) is 0 Å². The maximum atomic E-state index is 13.3. The number of nitrogens with one attached hydrogen (secondary N) is 1. The molecule has 2 aromatic rings. The number of hydrogen-bond acceptors (Lipinski definition) is 5. The van der Waals surface area contributed by atoms with Crippen LogP contribution in [0.25, 0.3) is 0 Å². The highest BCUT2D eigenvalue weighted by molar-refractivity contribution is 5.85. The number of halogens is 4. The molecule has 1 atom stereocenters. The van der Waals surface area contributed by atoms with Gasteiger partial charge < -0.3 is 11.1 Å². The highest BCUT2D eigenvalue weighted by Gasteiger charge is 2.30. The van der Waals surface area contributed by atoms with Crippen molar-refractivity contribution < 1.29 is 18.0 Å². The molecule has 0 radical (unpaired) electrons. The number of aryl methyl sites for hydroxylation is 1. The molecule has 11 heteroatoms. The van der Waals surface area contributed by atoms with Crippen LogP contribution >= 0.6 is 12.4 Å². The molecule has 7 nitrogen and oxygen atoms in total. The number of nitrogens with two attached hydrogens (primary N) is 1. The molecule has 1 aromatic carbocycles. The topological polar surface area (TPSA) is 98.7 Å². The van der Waals surface area contributed by atoms with Gasteiger partial charge in [0.1, 0.15) is 17.7 Å². The summed E-state index contributed by atoms with van der Waals surface area (Å²) in [6, 6.07) is 4.65. The number of rotatable bonds is 7. The van der Waals surface area contributed by atoms with Gasteiger partial charge in [0.2, 0.25) is 5.91 Å². The molecule has 25 heavy (non-hydrogen) atoms. The molecule has 0 fully saturated rings. The third-order valence-corrected chi connectivity index (χ3v) is 3.39. The Bertz CT molecular complexity index is 711. The summed E-state index contributed by atoms with van der Waals surface area (Å²) >= 11 is 0. The Balaban J connectivity index is 0.00000312. The fraction of sp³-hybridized carbons (Fsp3) is 0.429. The number of benzene rings is 1. The molecule has 3 N–H and O–H groups in total.